The molecule has 138 valence electrons. The lowest BCUT2D eigenvalue weighted by Gasteiger charge is -2.31. The number of halogens is 1. The van der Waals surface area contributed by atoms with Crippen LogP contribution in [0.2, 0.25) is 0 Å². The quantitative estimate of drug-likeness (QED) is 0.676. The molecule has 26 heavy (non-hydrogen) atoms. The first kappa shape index (κ1) is 13.3. The summed E-state index contributed by atoms with van der Waals surface area (Å²) >= 11 is 0.675. The molecule has 4 rings (SSSR count). The molecule has 1 aliphatic rings. The third kappa shape index (κ3) is 2.81. The average molecular weight is 400 g/mol. The topological polar surface area (TPSA) is 80.5 Å². The Kier molecular flexibility index (Phi) is 3.25. The molecular formula is C16H18FN5O2S2. The zero-order chi connectivity index (χ0) is 22.1. The van der Waals surface area contributed by atoms with Gasteiger partial charge >= 0.3 is 0 Å². The van der Waals surface area contributed by atoms with Gasteiger partial charge in [0.05, 0.1) is 5.69 Å². The van der Waals surface area contributed by atoms with E-state index in [0.29, 0.717) is 22.8 Å². The number of pyridine rings is 1. The summed E-state index contributed by atoms with van der Waals surface area (Å²) in [4.78, 5) is 3.84. The van der Waals surface area contributed by atoms with Crippen molar-refractivity contribution in [3.05, 3.63) is 41.2 Å². The van der Waals surface area contributed by atoms with E-state index in [1.807, 2.05) is 0 Å². The molecule has 0 bridgehead atoms. The highest BCUT2D eigenvalue weighted by atomic mass is 32.2. The van der Waals surface area contributed by atoms with Crippen LogP contribution in [0.15, 0.2) is 22.8 Å². The van der Waals surface area contributed by atoms with Crippen molar-refractivity contribution in [2.75, 3.05) is 13.0 Å². The van der Waals surface area contributed by atoms with E-state index in [9.17, 15) is 12.8 Å². The first-order valence-electron chi connectivity index (χ1n) is 9.82. The van der Waals surface area contributed by atoms with E-state index in [1.54, 1.807) is 6.92 Å². The molecule has 0 aromatic carbocycles. The lowest BCUT2D eigenvalue weighted by Crippen LogP contribution is -2.37. The van der Waals surface area contributed by atoms with Gasteiger partial charge in [0.2, 0.25) is 0 Å². The predicted molar refractivity (Wildman–Crippen MR) is 95.3 cm³/mol. The summed E-state index contributed by atoms with van der Waals surface area (Å²) in [5.74, 6) is -1.39. The number of aromatic nitrogens is 4. The molecule has 0 unspecified atom stereocenters. The van der Waals surface area contributed by atoms with Crippen molar-refractivity contribution in [1.29, 1.82) is 0 Å². The lowest BCUT2D eigenvalue weighted by atomic mass is 9.88. The summed E-state index contributed by atoms with van der Waals surface area (Å²) in [6.07, 6.45) is 1.99. The van der Waals surface area contributed by atoms with Crippen LogP contribution < -0.4 is 0 Å². The second-order valence-electron chi connectivity index (χ2n) is 6.03. The Morgan fingerprint density at radius 2 is 2.08 bits per heavy atom. The van der Waals surface area contributed by atoms with Crippen molar-refractivity contribution in [3.63, 3.8) is 0 Å². The normalized spacial score (nSPS) is 23.3. The Balaban J connectivity index is 1.78. The van der Waals surface area contributed by atoms with Gasteiger partial charge in [-0.2, -0.15) is 13.8 Å². The van der Waals surface area contributed by atoms with E-state index in [4.69, 9.17) is 5.48 Å². The molecule has 3 aromatic rings. The van der Waals surface area contributed by atoms with Gasteiger partial charge in [0.1, 0.15) is 6.33 Å². The number of hydrogen-bond donors (Lipinski definition) is 0. The van der Waals surface area contributed by atoms with Crippen molar-refractivity contribution in [1.82, 2.24) is 23.3 Å². The van der Waals surface area contributed by atoms with Crippen molar-refractivity contribution in [3.8, 4) is 0 Å². The van der Waals surface area contributed by atoms with Gasteiger partial charge in [-0.15, -0.1) is 0 Å². The number of piperidine rings is 1. The zero-order valence-electron chi connectivity index (χ0n) is 18.0. The highest BCUT2D eigenvalue weighted by molar-refractivity contribution is 7.91. The van der Waals surface area contributed by atoms with Gasteiger partial charge in [0.15, 0.2) is 15.7 Å². The van der Waals surface area contributed by atoms with Crippen molar-refractivity contribution < 1.29 is 18.3 Å². The van der Waals surface area contributed by atoms with Gasteiger partial charge in [-0.05, 0) is 61.3 Å². The molecule has 0 N–H and O–H groups in total. The molecule has 1 fully saturated rings. The summed E-state index contributed by atoms with van der Waals surface area (Å²) in [6, 6.07) is 1.29. The van der Waals surface area contributed by atoms with E-state index in [1.165, 1.54) is 30.0 Å². The van der Waals surface area contributed by atoms with Gasteiger partial charge in [-0.25, -0.2) is 22.3 Å². The SMILES string of the molecule is [2H]C1([2H])CC(c2cn3ncnc3c(F)c2C)CC([2H])([2H])N1S(=O)(=O)c1cc(C)ns1. The summed E-state index contributed by atoms with van der Waals surface area (Å²) in [5, 5.41) is 3.91. The van der Waals surface area contributed by atoms with Gasteiger partial charge in [0.25, 0.3) is 10.0 Å². The average Bonchev–Trinajstić information content (AvgIpc) is 3.24. The fourth-order valence-electron chi connectivity index (χ4n) is 2.89. The second kappa shape index (κ2) is 6.36. The largest absolute Gasteiger partial charge is 0.254 e. The molecule has 1 aliphatic heterocycles. The second-order valence-corrected chi connectivity index (χ2v) is 8.85. The molecule has 0 spiro atoms. The van der Waals surface area contributed by atoms with Gasteiger partial charge in [-0.1, -0.05) is 0 Å². The molecule has 0 atom stereocenters. The molecule has 0 amide bonds. The molecule has 0 aliphatic carbocycles. The van der Waals surface area contributed by atoms with Crippen LogP contribution >= 0.6 is 11.5 Å². The fourth-order valence-corrected chi connectivity index (χ4v) is 5.10. The minimum atomic E-state index is -4.47. The van der Waals surface area contributed by atoms with Gasteiger partial charge in [0, 0.05) is 24.7 Å². The molecule has 0 saturated carbocycles. The highest BCUT2D eigenvalue weighted by Crippen LogP contribution is 2.34. The summed E-state index contributed by atoms with van der Waals surface area (Å²) in [6.45, 7) is -2.00. The van der Waals surface area contributed by atoms with Gasteiger partial charge in [-0.3, -0.25) is 0 Å². The molecular weight excluding hydrogens is 377 g/mol. The minimum Gasteiger partial charge on any atom is -0.218 e. The van der Waals surface area contributed by atoms with E-state index in [0.717, 1.165) is 0 Å². The number of rotatable bonds is 3. The highest BCUT2D eigenvalue weighted by Gasteiger charge is 2.32. The smallest absolute Gasteiger partial charge is 0.218 e. The van der Waals surface area contributed by atoms with E-state index < -0.39 is 34.8 Å². The first-order chi connectivity index (χ1) is 13.8. The van der Waals surface area contributed by atoms with Crippen LogP contribution in [-0.2, 0) is 10.0 Å². The number of fused-ring (bicyclic) bond motifs is 1. The van der Waals surface area contributed by atoms with Crippen molar-refractivity contribution in [2.45, 2.75) is 36.8 Å². The Morgan fingerprint density at radius 1 is 1.35 bits per heavy atom. The van der Waals surface area contributed by atoms with E-state index >= 15 is 0 Å². The zero-order valence-corrected chi connectivity index (χ0v) is 15.6. The predicted octanol–water partition coefficient (Wildman–Crippen LogP) is 2.51. The number of nitrogens with zero attached hydrogens (tertiary/aromatic N) is 5. The van der Waals surface area contributed by atoms with Crippen LogP contribution in [0.3, 0.4) is 0 Å². The van der Waals surface area contributed by atoms with Crippen LogP contribution in [0.1, 0.15) is 41.1 Å². The fraction of sp³-hybridized carbons (Fsp3) is 0.438. The molecule has 7 nitrogen and oxygen atoms in total. The maximum absolute atomic E-state index is 14.7. The first-order valence-corrected chi connectivity index (χ1v) is 10.0. The van der Waals surface area contributed by atoms with E-state index in [-0.39, 0.29) is 32.6 Å². The third-order valence-electron chi connectivity index (χ3n) is 4.30. The van der Waals surface area contributed by atoms with Crippen LogP contribution in [-0.4, -0.2) is 44.7 Å². The third-order valence-corrected chi connectivity index (χ3v) is 7.19. The van der Waals surface area contributed by atoms with Crippen molar-refractivity contribution in [2.24, 2.45) is 0 Å². The van der Waals surface area contributed by atoms with Crippen molar-refractivity contribution >= 4 is 27.2 Å². The maximum Gasteiger partial charge on any atom is 0.254 e. The van der Waals surface area contributed by atoms with Crippen LogP contribution in [0, 0.1) is 19.7 Å². The van der Waals surface area contributed by atoms with E-state index in [2.05, 4.69) is 14.5 Å². The Hall–Kier alpha value is -1.91. The molecule has 0 radical (unpaired) electrons. The summed E-state index contributed by atoms with van der Waals surface area (Å²) < 4.78 is 79.7. The maximum atomic E-state index is 14.7. The monoisotopic (exact) mass is 399 g/mol. The van der Waals surface area contributed by atoms with Crippen LogP contribution in [0.5, 0.6) is 0 Å². The molecule has 1 saturated heterocycles. The summed E-state index contributed by atoms with van der Waals surface area (Å²) in [7, 11) is -4.47. The van der Waals surface area contributed by atoms with Gasteiger partial charge < -0.3 is 0 Å². The minimum absolute atomic E-state index is 0.0165. The lowest BCUT2D eigenvalue weighted by molar-refractivity contribution is 0.318. The Morgan fingerprint density at radius 3 is 2.73 bits per heavy atom. The Labute approximate surface area is 160 Å². The van der Waals surface area contributed by atoms with Crippen LogP contribution in [0.25, 0.3) is 5.65 Å². The molecule has 3 aromatic heterocycles. The van der Waals surface area contributed by atoms with Crippen LogP contribution in [0.4, 0.5) is 4.39 Å². The number of hydrogen-bond acceptors (Lipinski definition) is 6. The number of aryl methyl sites for hydroxylation is 1. The molecule has 10 heteroatoms. The summed E-state index contributed by atoms with van der Waals surface area (Å²) in [5.41, 5.74) is 1.04. The molecule has 4 heterocycles. The standard InChI is InChI=1S/C16H18FN5O2S2/c1-10-7-14(25-20-10)26(23,24)21-5-3-12(4-6-21)13-8-22-16(18-9-19-22)15(17)11(13)2/h7-9,12H,3-6H2,1-2H3/i5D2,6D2. The Bertz CT molecular complexity index is 1230. The number of sulfonamides is 1.